The SMILES string of the molecule is Cc1c(Br)c(C(F)(F)F)nn1CCC(=O)NC1CCCCC1. The quantitative estimate of drug-likeness (QED) is 0.861. The number of rotatable bonds is 4. The van der Waals surface area contributed by atoms with Crippen molar-refractivity contribution in [3.8, 4) is 0 Å². The molecule has 8 heteroatoms. The van der Waals surface area contributed by atoms with Gasteiger partial charge in [-0.2, -0.15) is 18.3 Å². The highest BCUT2D eigenvalue weighted by molar-refractivity contribution is 9.10. The average Bonchev–Trinajstić information content (AvgIpc) is 2.74. The van der Waals surface area contributed by atoms with Gasteiger partial charge in [0.1, 0.15) is 0 Å². The third-order valence-corrected chi connectivity index (χ3v) is 4.87. The summed E-state index contributed by atoms with van der Waals surface area (Å²) in [5.74, 6) is -0.133. The number of amides is 1. The number of nitrogens with zero attached hydrogens (tertiary/aromatic N) is 2. The molecule has 0 aliphatic heterocycles. The van der Waals surface area contributed by atoms with E-state index in [0.29, 0.717) is 5.69 Å². The molecule has 0 radical (unpaired) electrons. The Bertz CT molecular complexity index is 536. The fraction of sp³-hybridized carbons (Fsp3) is 0.714. The van der Waals surface area contributed by atoms with Crippen LogP contribution in [-0.4, -0.2) is 21.7 Å². The molecule has 4 nitrogen and oxygen atoms in total. The first-order valence-corrected chi connectivity index (χ1v) is 8.18. The molecule has 1 amide bonds. The molecule has 1 aliphatic carbocycles. The minimum Gasteiger partial charge on any atom is -0.353 e. The molecule has 2 rings (SSSR count). The van der Waals surface area contributed by atoms with Gasteiger partial charge < -0.3 is 5.32 Å². The Labute approximate surface area is 135 Å². The van der Waals surface area contributed by atoms with E-state index in [2.05, 4.69) is 26.3 Å². The molecule has 124 valence electrons. The van der Waals surface area contributed by atoms with Gasteiger partial charge >= 0.3 is 6.18 Å². The molecule has 1 fully saturated rings. The van der Waals surface area contributed by atoms with Crippen LogP contribution in [0.4, 0.5) is 13.2 Å². The zero-order valence-corrected chi connectivity index (χ0v) is 13.9. The first-order valence-electron chi connectivity index (χ1n) is 7.38. The molecule has 0 spiro atoms. The smallest absolute Gasteiger partial charge is 0.353 e. The Morgan fingerprint density at radius 2 is 2.00 bits per heavy atom. The standard InChI is InChI=1S/C14H19BrF3N3O/c1-9-12(15)13(14(16,17)18)20-21(9)8-7-11(22)19-10-5-3-2-4-6-10/h10H,2-8H2,1H3,(H,19,22). The Balaban J connectivity index is 1.92. The average molecular weight is 382 g/mol. The van der Waals surface area contributed by atoms with Gasteiger partial charge in [0.25, 0.3) is 0 Å². The van der Waals surface area contributed by atoms with E-state index in [9.17, 15) is 18.0 Å². The predicted molar refractivity (Wildman–Crippen MR) is 79.3 cm³/mol. The summed E-state index contributed by atoms with van der Waals surface area (Å²) in [4.78, 5) is 11.9. The van der Waals surface area contributed by atoms with Gasteiger partial charge in [0.05, 0.1) is 16.7 Å². The van der Waals surface area contributed by atoms with Crippen molar-refractivity contribution in [3.63, 3.8) is 0 Å². The number of aromatic nitrogens is 2. The Morgan fingerprint density at radius 1 is 1.36 bits per heavy atom. The fourth-order valence-corrected chi connectivity index (χ4v) is 3.19. The molecule has 1 aromatic rings. The number of halogens is 4. The number of aryl methyl sites for hydroxylation is 1. The minimum atomic E-state index is -4.50. The molecular formula is C14H19BrF3N3O. The molecule has 1 aromatic heterocycles. The summed E-state index contributed by atoms with van der Waals surface area (Å²) in [6.45, 7) is 1.68. The monoisotopic (exact) mass is 381 g/mol. The van der Waals surface area contributed by atoms with Crippen LogP contribution in [0.5, 0.6) is 0 Å². The summed E-state index contributed by atoms with van der Waals surface area (Å²) in [6, 6.07) is 0.206. The van der Waals surface area contributed by atoms with Crippen LogP contribution in [-0.2, 0) is 17.5 Å². The maximum atomic E-state index is 12.8. The summed E-state index contributed by atoms with van der Waals surface area (Å²) in [5.41, 5.74) is -0.574. The minimum absolute atomic E-state index is 0.0623. The summed E-state index contributed by atoms with van der Waals surface area (Å²) < 4.78 is 39.5. The van der Waals surface area contributed by atoms with Gasteiger partial charge in [0.15, 0.2) is 5.69 Å². The zero-order chi connectivity index (χ0) is 16.3. The van der Waals surface area contributed by atoms with Gasteiger partial charge in [-0.25, -0.2) is 0 Å². The Hall–Kier alpha value is -1.05. The molecule has 1 saturated carbocycles. The number of carbonyl (C=O) groups excluding carboxylic acids is 1. The summed E-state index contributed by atoms with van der Waals surface area (Å²) in [5, 5.41) is 6.51. The first-order chi connectivity index (χ1) is 10.3. The second-order valence-corrected chi connectivity index (χ2v) is 6.41. The molecule has 1 N–H and O–H groups in total. The van der Waals surface area contributed by atoms with Gasteiger partial charge in [-0.05, 0) is 35.7 Å². The van der Waals surface area contributed by atoms with E-state index in [-0.39, 0.29) is 29.4 Å². The Kier molecular flexibility index (Phi) is 5.52. The van der Waals surface area contributed by atoms with Gasteiger partial charge in [-0.15, -0.1) is 0 Å². The summed E-state index contributed by atoms with van der Waals surface area (Å²) in [6.07, 6.45) is 1.03. The van der Waals surface area contributed by atoms with Gasteiger partial charge in [-0.1, -0.05) is 19.3 Å². The molecule has 0 unspecified atom stereocenters. The van der Waals surface area contributed by atoms with Crippen LogP contribution in [0.1, 0.15) is 49.9 Å². The number of nitrogens with one attached hydrogen (secondary N) is 1. The van der Waals surface area contributed by atoms with Crippen LogP contribution in [0.15, 0.2) is 4.47 Å². The topological polar surface area (TPSA) is 46.9 Å². The highest BCUT2D eigenvalue weighted by Crippen LogP contribution is 2.35. The van der Waals surface area contributed by atoms with Crippen LogP contribution >= 0.6 is 15.9 Å². The number of hydrogen-bond donors (Lipinski definition) is 1. The summed E-state index contributed by atoms with van der Waals surface area (Å²) >= 11 is 2.92. The highest BCUT2D eigenvalue weighted by Gasteiger charge is 2.37. The van der Waals surface area contributed by atoms with Crippen LogP contribution in [0.2, 0.25) is 0 Å². The lowest BCUT2D eigenvalue weighted by atomic mass is 9.95. The lowest BCUT2D eigenvalue weighted by Gasteiger charge is -2.22. The van der Waals surface area contributed by atoms with E-state index < -0.39 is 11.9 Å². The highest BCUT2D eigenvalue weighted by atomic mass is 79.9. The second kappa shape index (κ2) is 7.02. The third kappa shape index (κ3) is 4.24. The number of alkyl halides is 3. The third-order valence-electron chi connectivity index (χ3n) is 3.92. The van der Waals surface area contributed by atoms with Gasteiger partial charge in [0.2, 0.25) is 5.91 Å². The zero-order valence-electron chi connectivity index (χ0n) is 12.3. The first kappa shape index (κ1) is 17.3. The maximum Gasteiger partial charge on any atom is 0.436 e. The lowest BCUT2D eigenvalue weighted by molar-refractivity contribution is -0.142. The van der Waals surface area contributed by atoms with Gasteiger partial charge in [0, 0.05) is 12.5 Å². The van der Waals surface area contributed by atoms with Crippen molar-refractivity contribution in [3.05, 3.63) is 15.9 Å². The van der Waals surface area contributed by atoms with Crippen LogP contribution < -0.4 is 5.32 Å². The van der Waals surface area contributed by atoms with Crippen molar-refractivity contribution >= 4 is 21.8 Å². The van der Waals surface area contributed by atoms with Crippen molar-refractivity contribution in [2.45, 2.75) is 64.2 Å². The lowest BCUT2D eigenvalue weighted by Crippen LogP contribution is -2.36. The van der Waals surface area contributed by atoms with E-state index in [4.69, 9.17) is 0 Å². The molecule has 0 aromatic carbocycles. The fourth-order valence-electron chi connectivity index (χ4n) is 2.68. The van der Waals surface area contributed by atoms with Crippen molar-refractivity contribution in [2.75, 3.05) is 0 Å². The van der Waals surface area contributed by atoms with Crippen LogP contribution in [0.25, 0.3) is 0 Å². The van der Waals surface area contributed by atoms with Gasteiger partial charge in [-0.3, -0.25) is 9.48 Å². The van der Waals surface area contributed by atoms with E-state index in [0.717, 1.165) is 25.7 Å². The van der Waals surface area contributed by atoms with Crippen molar-refractivity contribution in [1.82, 2.24) is 15.1 Å². The van der Waals surface area contributed by atoms with Crippen molar-refractivity contribution < 1.29 is 18.0 Å². The van der Waals surface area contributed by atoms with E-state index in [1.54, 1.807) is 6.92 Å². The number of hydrogen-bond acceptors (Lipinski definition) is 2. The van der Waals surface area contributed by atoms with E-state index >= 15 is 0 Å². The molecule has 0 bridgehead atoms. The van der Waals surface area contributed by atoms with Crippen molar-refractivity contribution in [2.24, 2.45) is 0 Å². The largest absolute Gasteiger partial charge is 0.436 e. The second-order valence-electron chi connectivity index (χ2n) is 5.62. The molecule has 0 saturated heterocycles. The molecule has 0 atom stereocenters. The van der Waals surface area contributed by atoms with Crippen molar-refractivity contribution in [1.29, 1.82) is 0 Å². The maximum absolute atomic E-state index is 12.8. The predicted octanol–water partition coefficient (Wildman–Crippen LogP) is 3.81. The van der Waals surface area contributed by atoms with Crippen LogP contribution in [0, 0.1) is 6.92 Å². The van der Waals surface area contributed by atoms with Crippen LogP contribution in [0.3, 0.4) is 0 Å². The van der Waals surface area contributed by atoms with E-state index in [1.165, 1.54) is 11.1 Å². The molecular weight excluding hydrogens is 363 g/mol. The Morgan fingerprint density at radius 3 is 2.55 bits per heavy atom. The molecule has 22 heavy (non-hydrogen) atoms. The van der Waals surface area contributed by atoms with E-state index in [1.807, 2.05) is 0 Å². The number of carbonyl (C=O) groups is 1. The summed E-state index contributed by atoms with van der Waals surface area (Å²) in [7, 11) is 0. The normalized spacial score (nSPS) is 16.8. The molecule has 1 heterocycles. The molecule has 1 aliphatic rings.